The van der Waals surface area contributed by atoms with Gasteiger partial charge in [-0.1, -0.05) is 35.9 Å². The Morgan fingerprint density at radius 3 is 2.71 bits per heavy atom. The first-order chi connectivity index (χ1) is 11.4. The highest BCUT2D eigenvalue weighted by molar-refractivity contribution is 9.10. The molecule has 2 aromatic carbocycles. The Kier molecular flexibility index (Phi) is 4.87. The number of imide groups is 1. The maximum atomic E-state index is 13.3. The fraction of sp³-hybridized carbons (Fsp3) is 0.111. The van der Waals surface area contributed by atoms with Gasteiger partial charge in [-0.2, -0.15) is 0 Å². The van der Waals surface area contributed by atoms with Gasteiger partial charge >= 0.3 is 0 Å². The van der Waals surface area contributed by atoms with Gasteiger partial charge in [-0.05, 0) is 64.0 Å². The van der Waals surface area contributed by atoms with Gasteiger partial charge in [0.15, 0.2) is 0 Å². The molecule has 1 aliphatic rings. The van der Waals surface area contributed by atoms with Crippen LogP contribution in [-0.4, -0.2) is 16.0 Å². The molecule has 2 amide bonds. The zero-order valence-electron chi connectivity index (χ0n) is 12.8. The molecule has 0 aromatic heterocycles. The molecule has 0 bridgehead atoms. The number of benzene rings is 2. The van der Waals surface area contributed by atoms with E-state index in [1.807, 2.05) is 31.2 Å². The summed E-state index contributed by atoms with van der Waals surface area (Å²) in [5.74, 6) is -0.702. The molecule has 0 atom stereocenters. The number of halogens is 2. The van der Waals surface area contributed by atoms with E-state index in [4.69, 9.17) is 0 Å². The minimum absolute atomic E-state index is 0.247. The van der Waals surface area contributed by atoms with Crippen molar-refractivity contribution in [1.82, 2.24) is 4.90 Å². The molecule has 6 heteroatoms. The minimum Gasteiger partial charge on any atom is -0.268 e. The van der Waals surface area contributed by atoms with Crippen LogP contribution in [0.3, 0.4) is 0 Å². The number of carbonyl (C=O) groups excluding carboxylic acids is 2. The molecule has 0 aliphatic carbocycles. The topological polar surface area (TPSA) is 37.4 Å². The Hall–Kier alpha value is -1.92. The summed E-state index contributed by atoms with van der Waals surface area (Å²) in [5.41, 5.74) is 2.64. The number of nitrogens with zero attached hydrogens (tertiary/aromatic N) is 1. The summed E-state index contributed by atoms with van der Waals surface area (Å²) in [6.45, 7) is 2.21. The van der Waals surface area contributed by atoms with E-state index < -0.39 is 0 Å². The summed E-state index contributed by atoms with van der Waals surface area (Å²) in [5, 5.41) is -0.297. The summed E-state index contributed by atoms with van der Waals surface area (Å²) >= 11 is 4.01. The van der Waals surface area contributed by atoms with Crippen LogP contribution in [-0.2, 0) is 11.3 Å². The first-order valence-corrected chi connectivity index (χ1v) is 8.81. The number of amides is 2. The van der Waals surface area contributed by atoms with Crippen LogP contribution in [0.15, 0.2) is 51.8 Å². The standard InChI is InChI=1S/C18H13BrFNO2S/c1-11-3-2-4-13(7-11)10-21-17(22)16(24-18(21)23)9-12-5-6-15(20)14(19)8-12/h2-9H,10H2,1H3/b16-9-. The number of rotatable bonds is 3. The van der Waals surface area contributed by atoms with E-state index in [2.05, 4.69) is 15.9 Å². The van der Waals surface area contributed by atoms with Crippen LogP contribution in [0.5, 0.6) is 0 Å². The third-order valence-electron chi connectivity index (χ3n) is 3.54. The number of hydrogen-bond donors (Lipinski definition) is 0. The predicted octanol–water partition coefficient (Wildman–Crippen LogP) is 5.13. The molecule has 1 heterocycles. The lowest BCUT2D eigenvalue weighted by Crippen LogP contribution is -2.27. The predicted molar refractivity (Wildman–Crippen MR) is 96.8 cm³/mol. The van der Waals surface area contributed by atoms with Crippen molar-refractivity contribution in [2.24, 2.45) is 0 Å². The second-order valence-electron chi connectivity index (χ2n) is 5.43. The lowest BCUT2D eigenvalue weighted by molar-refractivity contribution is -0.123. The van der Waals surface area contributed by atoms with E-state index >= 15 is 0 Å². The third kappa shape index (κ3) is 3.60. The van der Waals surface area contributed by atoms with Gasteiger partial charge in [0.25, 0.3) is 11.1 Å². The minimum atomic E-state index is -0.375. The average Bonchev–Trinajstić information content (AvgIpc) is 2.79. The zero-order valence-corrected chi connectivity index (χ0v) is 15.2. The van der Waals surface area contributed by atoms with Crippen molar-refractivity contribution in [3.05, 3.63) is 74.4 Å². The highest BCUT2D eigenvalue weighted by Crippen LogP contribution is 2.33. The monoisotopic (exact) mass is 405 g/mol. The molecule has 0 radical (unpaired) electrons. The summed E-state index contributed by atoms with van der Waals surface area (Å²) in [7, 11) is 0. The zero-order chi connectivity index (χ0) is 17.3. The Morgan fingerprint density at radius 2 is 2.00 bits per heavy atom. The summed E-state index contributed by atoms with van der Waals surface area (Å²) in [6, 6.07) is 12.1. The normalized spacial score (nSPS) is 16.3. The van der Waals surface area contributed by atoms with Crippen molar-refractivity contribution < 1.29 is 14.0 Å². The Labute approximate surface area is 151 Å². The Balaban J connectivity index is 1.83. The van der Waals surface area contributed by atoms with Gasteiger partial charge in [0.2, 0.25) is 0 Å². The molecule has 0 N–H and O–H groups in total. The summed E-state index contributed by atoms with van der Waals surface area (Å²) in [6.07, 6.45) is 1.60. The number of hydrogen-bond acceptors (Lipinski definition) is 3. The lowest BCUT2D eigenvalue weighted by atomic mass is 10.1. The molecule has 1 saturated heterocycles. The second-order valence-corrected chi connectivity index (χ2v) is 7.28. The molecule has 3 rings (SSSR count). The van der Waals surface area contributed by atoms with Crippen LogP contribution in [0, 0.1) is 12.7 Å². The van der Waals surface area contributed by atoms with Crippen molar-refractivity contribution in [2.75, 3.05) is 0 Å². The van der Waals surface area contributed by atoms with Crippen LogP contribution >= 0.6 is 27.7 Å². The molecule has 0 spiro atoms. The molecular weight excluding hydrogens is 393 g/mol. The molecule has 2 aromatic rings. The first-order valence-electron chi connectivity index (χ1n) is 7.20. The summed E-state index contributed by atoms with van der Waals surface area (Å²) in [4.78, 5) is 26.2. The molecule has 24 heavy (non-hydrogen) atoms. The highest BCUT2D eigenvalue weighted by atomic mass is 79.9. The van der Waals surface area contributed by atoms with Gasteiger partial charge in [0.05, 0.1) is 15.9 Å². The largest absolute Gasteiger partial charge is 0.293 e. The molecular formula is C18H13BrFNO2S. The first kappa shape index (κ1) is 16.9. The van der Waals surface area contributed by atoms with E-state index in [9.17, 15) is 14.0 Å². The Bertz CT molecular complexity index is 866. The quantitative estimate of drug-likeness (QED) is 0.663. The van der Waals surface area contributed by atoms with Crippen LogP contribution in [0.2, 0.25) is 0 Å². The average molecular weight is 406 g/mol. The maximum Gasteiger partial charge on any atom is 0.293 e. The molecule has 0 saturated carbocycles. The maximum absolute atomic E-state index is 13.3. The second kappa shape index (κ2) is 6.91. The number of thioether (sulfide) groups is 1. The van der Waals surface area contributed by atoms with E-state index in [0.717, 1.165) is 22.9 Å². The molecule has 0 unspecified atom stereocenters. The Morgan fingerprint density at radius 1 is 1.21 bits per heavy atom. The lowest BCUT2D eigenvalue weighted by Gasteiger charge is -2.12. The summed E-state index contributed by atoms with van der Waals surface area (Å²) < 4.78 is 13.6. The molecule has 1 aliphatic heterocycles. The van der Waals surface area contributed by atoms with E-state index in [0.29, 0.717) is 14.9 Å². The van der Waals surface area contributed by atoms with Crippen molar-refractivity contribution in [3.8, 4) is 0 Å². The van der Waals surface area contributed by atoms with Gasteiger partial charge in [-0.25, -0.2) is 4.39 Å². The fourth-order valence-corrected chi connectivity index (χ4v) is 3.62. The van der Waals surface area contributed by atoms with Crippen LogP contribution in [0.1, 0.15) is 16.7 Å². The fourth-order valence-electron chi connectivity index (χ4n) is 2.38. The van der Waals surface area contributed by atoms with Gasteiger partial charge in [0.1, 0.15) is 5.82 Å². The van der Waals surface area contributed by atoms with E-state index in [1.54, 1.807) is 18.2 Å². The van der Waals surface area contributed by atoms with Gasteiger partial charge in [0, 0.05) is 0 Å². The van der Waals surface area contributed by atoms with Gasteiger partial charge in [-0.15, -0.1) is 0 Å². The highest BCUT2D eigenvalue weighted by Gasteiger charge is 2.34. The smallest absolute Gasteiger partial charge is 0.268 e. The van der Waals surface area contributed by atoms with Crippen molar-refractivity contribution in [2.45, 2.75) is 13.5 Å². The van der Waals surface area contributed by atoms with Crippen LogP contribution < -0.4 is 0 Å². The van der Waals surface area contributed by atoms with Gasteiger partial charge in [-0.3, -0.25) is 14.5 Å². The van der Waals surface area contributed by atoms with E-state index in [-0.39, 0.29) is 23.5 Å². The van der Waals surface area contributed by atoms with Crippen molar-refractivity contribution in [3.63, 3.8) is 0 Å². The number of aryl methyl sites for hydroxylation is 1. The van der Waals surface area contributed by atoms with Crippen molar-refractivity contribution in [1.29, 1.82) is 0 Å². The van der Waals surface area contributed by atoms with Crippen LogP contribution in [0.4, 0.5) is 9.18 Å². The van der Waals surface area contributed by atoms with Gasteiger partial charge < -0.3 is 0 Å². The molecule has 1 fully saturated rings. The van der Waals surface area contributed by atoms with Crippen molar-refractivity contribution >= 4 is 44.9 Å². The SMILES string of the molecule is Cc1cccc(CN2C(=O)S/C(=C\c3ccc(F)c(Br)c3)C2=O)c1. The molecule has 122 valence electrons. The van der Waals surface area contributed by atoms with Crippen LogP contribution in [0.25, 0.3) is 6.08 Å². The number of carbonyl (C=O) groups is 2. The third-order valence-corrected chi connectivity index (χ3v) is 5.05. The molecule has 3 nitrogen and oxygen atoms in total. The van der Waals surface area contributed by atoms with E-state index in [1.165, 1.54) is 11.0 Å².